The Labute approximate surface area is 74.6 Å². The number of hydrogen-bond donors (Lipinski definition) is 0. The van der Waals surface area contributed by atoms with E-state index in [0.717, 1.165) is 5.92 Å². The minimum atomic E-state index is 0.937. The van der Waals surface area contributed by atoms with Crippen molar-refractivity contribution in [1.29, 1.82) is 0 Å². The predicted molar refractivity (Wildman–Crippen MR) is 52.2 cm³/mol. The van der Waals surface area contributed by atoms with Gasteiger partial charge in [0.2, 0.25) is 0 Å². The predicted octanol–water partition coefficient (Wildman–Crippen LogP) is 3.20. The highest BCUT2D eigenvalue weighted by Crippen LogP contribution is 2.28. The highest BCUT2D eigenvalue weighted by molar-refractivity contribution is 5.31. The van der Waals surface area contributed by atoms with E-state index in [1.807, 2.05) is 0 Å². The summed E-state index contributed by atoms with van der Waals surface area (Å²) in [4.78, 5) is 0. The van der Waals surface area contributed by atoms with E-state index in [-0.39, 0.29) is 0 Å². The van der Waals surface area contributed by atoms with Gasteiger partial charge in [0.05, 0.1) is 0 Å². The molecular formula is C12H16. The molecule has 1 aromatic carbocycles. The molecule has 0 atom stereocenters. The Morgan fingerprint density at radius 1 is 1.17 bits per heavy atom. The van der Waals surface area contributed by atoms with E-state index < -0.39 is 0 Å². The van der Waals surface area contributed by atoms with Crippen LogP contribution in [-0.2, 0) is 12.8 Å². The standard InChI is InChI=1S/C12H16/c1-2-5-10-8-11-6-3-4-7-12(11)9-10/h3-4,6-7,10H,2,5,8-9H2,1H3. The second-order valence-corrected chi connectivity index (χ2v) is 3.83. The van der Waals surface area contributed by atoms with Gasteiger partial charge in [-0.25, -0.2) is 0 Å². The smallest absolute Gasteiger partial charge is 0.0244 e. The molecule has 0 nitrogen and oxygen atoms in total. The molecule has 1 aromatic rings. The lowest BCUT2D eigenvalue weighted by Gasteiger charge is -2.04. The lowest BCUT2D eigenvalue weighted by molar-refractivity contribution is 0.507. The second kappa shape index (κ2) is 3.30. The molecular weight excluding hydrogens is 144 g/mol. The van der Waals surface area contributed by atoms with Crippen LogP contribution < -0.4 is 0 Å². The first-order valence-corrected chi connectivity index (χ1v) is 4.97. The molecule has 1 aliphatic carbocycles. The van der Waals surface area contributed by atoms with Crippen molar-refractivity contribution in [3.63, 3.8) is 0 Å². The van der Waals surface area contributed by atoms with E-state index in [9.17, 15) is 0 Å². The molecule has 0 heteroatoms. The SMILES string of the molecule is CCCC1Cc2ccccc2C1. The van der Waals surface area contributed by atoms with Crippen LogP contribution in [0.5, 0.6) is 0 Å². The fourth-order valence-corrected chi connectivity index (χ4v) is 2.26. The van der Waals surface area contributed by atoms with Crippen molar-refractivity contribution in [2.75, 3.05) is 0 Å². The fraction of sp³-hybridized carbons (Fsp3) is 0.500. The Kier molecular flexibility index (Phi) is 2.16. The highest BCUT2D eigenvalue weighted by atomic mass is 14.2. The maximum Gasteiger partial charge on any atom is -0.0244 e. The monoisotopic (exact) mass is 160 g/mol. The third-order valence-electron chi connectivity index (χ3n) is 2.83. The van der Waals surface area contributed by atoms with Crippen molar-refractivity contribution in [1.82, 2.24) is 0 Å². The Balaban J connectivity index is 2.11. The van der Waals surface area contributed by atoms with Crippen molar-refractivity contribution < 1.29 is 0 Å². The molecule has 0 radical (unpaired) electrons. The molecule has 12 heavy (non-hydrogen) atoms. The van der Waals surface area contributed by atoms with Crippen LogP contribution >= 0.6 is 0 Å². The van der Waals surface area contributed by atoms with Gasteiger partial charge in [-0.1, -0.05) is 44.0 Å². The van der Waals surface area contributed by atoms with Crippen LogP contribution in [-0.4, -0.2) is 0 Å². The Morgan fingerprint density at radius 3 is 2.25 bits per heavy atom. The molecule has 0 amide bonds. The molecule has 0 spiro atoms. The molecule has 0 bridgehead atoms. The molecule has 0 N–H and O–H groups in total. The summed E-state index contributed by atoms with van der Waals surface area (Å²) < 4.78 is 0. The fourth-order valence-electron chi connectivity index (χ4n) is 2.26. The van der Waals surface area contributed by atoms with Crippen LogP contribution in [0.15, 0.2) is 24.3 Å². The van der Waals surface area contributed by atoms with E-state index in [1.165, 1.54) is 25.7 Å². The van der Waals surface area contributed by atoms with E-state index in [2.05, 4.69) is 31.2 Å². The summed E-state index contributed by atoms with van der Waals surface area (Å²) >= 11 is 0. The van der Waals surface area contributed by atoms with Crippen LogP contribution in [0.4, 0.5) is 0 Å². The van der Waals surface area contributed by atoms with E-state index in [4.69, 9.17) is 0 Å². The lowest BCUT2D eigenvalue weighted by Crippen LogP contribution is -1.97. The van der Waals surface area contributed by atoms with Gasteiger partial charge >= 0.3 is 0 Å². The van der Waals surface area contributed by atoms with Crippen LogP contribution in [0.2, 0.25) is 0 Å². The summed E-state index contributed by atoms with van der Waals surface area (Å²) in [7, 11) is 0. The molecule has 0 fully saturated rings. The Bertz CT molecular complexity index is 237. The van der Waals surface area contributed by atoms with Crippen LogP contribution in [0.1, 0.15) is 30.9 Å². The van der Waals surface area contributed by atoms with Gasteiger partial charge in [0.25, 0.3) is 0 Å². The molecule has 0 aromatic heterocycles. The zero-order valence-corrected chi connectivity index (χ0v) is 7.72. The summed E-state index contributed by atoms with van der Waals surface area (Å²) in [6.45, 7) is 2.28. The van der Waals surface area contributed by atoms with Gasteiger partial charge in [0, 0.05) is 0 Å². The third-order valence-corrected chi connectivity index (χ3v) is 2.83. The van der Waals surface area contributed by atoms with E-state index >= 15 is 0 Å². The van der Waals surface area contributed by atoms with E-state index in [0.29, 0.717) is 0 Å². The molecule has 1 aliphatic rings. The highest BCUT2D eigenvalue weighted by Gasteiger charge is 2.19. The summed E-state index contributed by atoms with van der Waals surface area (Å²) in [5.74, 6) is 0.937. The summed E-state index contributed by atoms with van der Waals surface area (Å²) in [6, 6.07) is 8.89. The van der Waals surface area contributed by atoms with E-state index in [1.54, 1.807) is 11.1 Å². The average molecular weight is 160 g/mol. The summed E-state index contributed by atoms with van der Waals surface area (Å²) in [6.07, 6.45) is 5.38. The van der Waals surface area contributed by atoms with Gasteiger partial charge < -0.3 is 0 Å². The van der Waals surface area contributed by atoms with Crippen molar-refractivity contribution in [3.05, 3.63) is 35.4 Å². The number of hydrogen-bond acceptors (Lipinski definition) is 0. The minimum Gasteiger partial charge on any atom is -0.0654 e. The summed E-state index contributed by atoms with van der Waals surface area (Å²) in [5.41, 5.74) is 3.19. The number of benzene rings is 1. The molecule has 0 unspecified atom stereocenters. The largest absolute Gasteiger partial charge is 0.0654 e. The normalized spacial score (nSPS) is 16.4. The van der Waals surface area contributed by atoms with Crippen molar-refractivity contribution in [2.45, 2.75) is 32.6 Å². The summed E-state index contributed by atoms with van der Waals surface area (Å²) in [5, 5.41) is 0. The van der Waals surface area contributed by atoms with Crippen molar-refractivity contribution >= 4 is 0 Å². The van der Waals surface area contributed by atoms with Gasteiger partial charge in [0.15, 0.2) is 0 Å². The van der Waals surface area contributed by atoms with Gasteiger partial charge in [-0.3, -0.25) is 0 Å². The molecule has 0 saturated carbocycles. The van der Waals surface area contributed by atoms with Crippen molar-refractivity contribution in [3.8, 4) is 0 Å². The lowest BCUT2D eigenvalue weighted by atomic mass is 10.0. The van der Waals surface area contributed by atoms with Gasteiger partial charge in [-0.2, -0.15) is 0 Å². The van der Waals surface area contributed by atoms with Crippen LogP contribution in [0.25, 0.3) is 0 Å². The first-order valence-electron chi connectivity index (χ1n) is 4.97. The quantitative estimate of drug-likeness (QED) is 0.623. The zero-order valence-electron chi connectivity index (χ0n) is 7.72. The molecule has 2 rings (SSSR count). The van der Waals surface area contributed by atoms with Crippen LogP contribution in [0.3, 0.4) is 0 Å². The second-order valence-electron chi connectivity index (χ2n) is 3.83. The third kappa shape index (κ3) is 1.38. The Hall–Kier alpha value is -0.780. The molecule has 64 valence electrons. The molecule has 0 heterocycles. The molecule has 0 saturated heterocycles. The van der Waals surface area contributed by atoms with Gasteiger partial charge in [0.1, 0.15) is 0 Å². The zero-order chi connectivity index (χ0) is 8.39. The molecule has 0 aliphatic heterocycles. The van der Waals surface area contributed by atoms with Crippen molar-refractivity contribution in [2.24, 2.45) is 5.92 Å². The topological polar surface area (TPSA) is 0 Å². The van der Waals surface area contributed by atoms with Gasteiger partial charge in [-0.05, 0) is 29.9 Å². The first-order chi connectivity index (χ1) is 5.90. The number of rotatable bonds is 2. The minimum absolute atomic E-state index is 0.937. The van der Waals surface area contributed by atoms with Gasteiger partial charge in [-0.15, -0.1) is 0 Å². The number of fused-ring (bicyclic) bond motifs is 1. The average Bonchev–Trinajstić information content (AvgIpc) is 2.47. The van der Waals surface area contributed by atoms with Crippen LogP contribution in [0, 0.1) is 5.92 Å². The maximum absolute atomic E-state index is 2.28. The first kappa shape index (κ1) is 7.85. The Morgan fingerprint density at radius 2 is 1.75 bits per heavy atom. The maximum atomic E-state index is 2.28.